The molecule has 0 saturated carbocycles. The number of hydrogen-bond acceptors (Lipinski definition) is 3. The van der Waals surface area contributed by atoms with E-state index in [0.717, 1.165) is 50.8 Å². The van der Waals surface area contributed by atoms with Crippen molar-refractivity contribution in [1.82, 2.24) is 15.1 Å². The molecule has 0 aromatic heterocycles. The number of aryl methyl sites for hydroxylation is 1. The molecule has 2 aliphatic rings. The van der Waals surface area contributed by atoms with E-state index in [1.807, 2.05) is 54.8 Å². The Hall–Kier alpha value is -2.37. The minimum absolute atomic E-state index is 0.0462. The average Bonchev–Trinajstić information content (AvgIpc) is 2.77. The SMILES string of the molecule is Cc1cccc(C(=O)N2CCC([C@@H](NC(=O)CC(C)C)C(=O)N3CCCCC3)CC2)c1. The molecule has 0 bridgehead atoms. The van der Waals surface area contributed by atoms with Crippen LogP contribution in [-0.2, 0) is 9.59 Å². The molecule has 3 rings (SSSR count). The van der Waals surface area contributed by atoms with E-state index in [0.29, 0.717) is 25.1 Å². The maximum atomic E-state index is 13.3. The smallest absolute Gasteiger partial charge is 0.253 e. The standard InChI is InChI=1S/C25H37N3O3/c1-18(2)16-22(29)26-23(25(31)27-12-5-4-6-13-27)20-10-14-28(15-11-20)24(30)21-9-7-8-19(3)17-21/h7-9,17-18,20,23H,4-6,10-16H2,1-3H3,(H,26,29)/t23-/m1/s1. The Labute approximate surface area is 186 Å². The van der Waals surface area contributed by atoms with Crippen LogP contribution in [-0.4, -0.2) is 59.7 Å². The van der Waals surface area contributed by atoms with Gasteiger partial charge in [-0.2, -0.15) is 0 Å². The van der Waals surface area contributed by atoms with Crippen molar-refractivity contribution in [3.05, 3.63) is 35.4 Å². The van der Waals surface area contributed by atoms with Crippen molar-refractivity contribution in [3.8, 4) is 0 Å². The summed E-state index contributed by atoms with van der Waals surface area (Å²) < 4.78 is 0. The van der Waals surface area contributed by atoms with Crippen molar-refractivity contribution >= 4 is 17.7 Å². The molecule has 0 unspecified atom stereocenters. The number of piperidine rings is 2. The van der Waals surface area contributed by atoms with Crippen LogP contribution in [0.3, 0.4) is 0 Å². The molecule has 1 N–H and O–H groups in total. The highest BCUT2D eigenvalue weighted by Gasteiger charge is 2.36. The molecule has 0 aliphatic carbocycles. The van der Waals surface area contributed by atoms with Gasteiger partial charge in [0.15, 0.2) is 0 Å². The number of rotatable bonds is 6. The zero-order valence-electron chi connectivity index (χ0n) is 19.2. The van der Waals surface area contributed by atoms with Crippen LogP contribution in [0.25, 0.3) is 0 Å². The summed E-state index contributed by atoms with van der Waals surface area (Å²) in [7, 11) is 0. The van der Waals surface area contributed by atoms with Gasteiger partial charge in [0.2, 0.25) is 11.8 Å². The summed E-state index contributed by atoms with van der Waals surface area (Å²) in [6, 6.07) is 7.19. The van der Waals surface area contributed by atoms with Gasteiger partial charge in [0.1, 0.15) is 6.04 Å². The van der Waals surface area contributed by atoms with Gasteiger partial charge in [-0.15, -0.1) is 0 Å². The Balaban J connectivity index is 1.66. The summed E-state index contributed by atoms with van der Waals surface area (Å²) in [5.41, 5.74) is 1.78. The molecule has 0 spiro atoms. The minimum Gasteiger partial charge on any atom is -0.344 e. The second-order valence-electron chi connectivity index (χ2n) is 9.53. The molecule has 31 heavy (non-hydrogen) atoms. The Kier molecular flexibility index (Phi) is 8.10. The quantitative estimate of drug-likeness (QED) is 0.757. The van der Waals surface area contributed by atoms with Crippen molar-refractivity contribution in [2.24, 2.45) is 11.8 Å². The topological polar surface area (TPSA) is 69.7 Å². The van der Waals surface area contributed by atoms with E-state index in [-0.39, 0.29) is 29.6 Å². The van der Waals surface area contributed by atoms with E-state index < -0.39 is 6.04 Å². The van der Waals surface area contributed by atoms with Crippen molar-refractivity contribution in [1.29, 1.82) is 0 Å². The first-order chi connectivity index (χ1) is 14.8. The molecule has 3 amide bonds. The number of hydrogen-bond donors (Lipinski definition) is 1. The number of carbonyl (C=O) groups is 3. The molecule has 2 heterocycles. The Morgan fingerprint density at radius 1 is 1.00 bits per heavy atom. The Bertz CT molecular complexity index is 778. The number of carbonyl (C=O) groups excluding carboxylic acids is 3. The number of benzene rings is 1. The number of nitrogens with one attached hydrogen (secondary N) is 1. The first-order valence-corrected chi connectivity index (χ1v) is 11.8. The van der Waals surface area contributed by atoms with Gasteiger partial charge in [0, 0.05) is 38.2 Å². The molecule has 2 fully saturated rings. The highest BCUT2D eigenvalue weighted by Crippen LogP contribution is 2.25. The van der Waals surface area contributed by atoms with E-state index in [1.165, 1.54) is 0 Å². The molecule has 2 saturated heterocycles. The maximum Gasteiger partial charge on any atom is 0.253 e. The van der Waals surface area contributed by atoms with Crippen LogP contribution in [0, 0.1) is 18.8 Å². The highest BCUT2D eigenvalue weighted by molar-refractivity contribution is 5.94. The van der Waals surface area contributed by atoms with Gasteiger partial charge in [-0.1, -0.05) is 31.5 Å². The molecular weight excluding hydrogens is 390 g/mol. The first kappa shape index (κ1) is 23.3. The molecule has 6 nitrogen and oxygen atoms in total. The van der Waals surface area contributed by atoms with Gasteiger partial charge in [0.05, 0.1) is 0 Å². The van der Waals surface area contributed by atoms with E-state index in [9.17, 15) is 14.4 Å². The van der Waals surface area contributed by atoms with Crippen molar-refractivity contribution in [2.45, 2.75) is 65.3 Å². The number of likely N-dealkylation sites (tertiary alicyclic amines) is 2. The highest BCUT2D eigenvalue weighted by atomic mass is 16.2. The lowest BCUT2D eigenvalue weighted by molar-refractivity contribution is -0.139. The van der Waals surface area contributed by atoms with E-state index in [4.69, 9.17) is 0 Å². The molecule has 170 valence electrons. The predicted molar refractivity (Wildman–Crippen MR) is 122 cm³/mol. The normalized spacial score (nSPS) is 18.7. The van der Waals surface area contributed by atoms with Crippen molar-refractivity contribution in [2.75, 3.05) is 26.2 Å². The van der Waals surface area contributed by atoms with Crippen LogP contribution in [0.4, 0.5) is 0 Å². The number of nitrogens with zero attached hydrogens (tertiary/aromatic N) is 2. The minimum atomic E-state index is -0.486. The summed E-state index contributed by atoms with van der Waals surface area (Å²) in [5.74, 6) is 0.362. The summed E-state index contributed by atoms with van der Waals surface area (Å²) >= 11 is 0. The van der Waals surface area contributed by atoms with Crippen LogP contribution in [0.15, 0.2) is 24.3 Å². The lowest BCUT2D eigenvalue weighted by Crippen LogP contribution is -2.55. The van der Waals surface area contributed by atoms with Gasteiger partial charge < -0.3 is 15.1 Å². The maximum absolute atomic E-state index is 13.3. The molecule has 0 radical (unpaired) electrons. The fourth-order valence-corrected chi connectivity index (χ4v) is 4.69. The van der Waals surface area contributed by atoms with Gasteiger partial charge in [0.25, 0.3) is 5.91 Å². The second kappa shape index (κ2) is 10.8. The zero-order valence-corrected chi connectivity index (χ0v) is 19.2. The third kappa shape index (κ3) is 6.31. The van der Waals surface area contributed by atoms with Crippen LogP contribution >= 0.6 is 0 Å². The Morgan fingerprint density at radius 2 is 1.68 bits per heavy atom. The third-order valence-corrected chi connectivity index (χ3v) is 6.41. The predicted octanol–water partition coefficient (Wildman–Crippen LogP) is 3.39. The summed E-state index contributed by atoms with van der Waals surface area (Å²) in [6.07, 6.45) is 5.10. The molecule has 6 heteroatoms. The van der Waals surface area contributed by atoms with Gasteiger partial charge in [-0.3, -0.25) is 14.4 Å². The summed E-state index contributed by atoms with van der Waals surface area (Å²) in [4.78, 5) is 42.6. The van der Waals surface area contributed by atoms with E-state index in [2.05, 4.69) is 5.32 Å². The van der Waals surface area contributed by atoms with Gasteiger partial charge in [-0.05, 0) is 63.0 Å². The second-order valence-corrected chi connectivity index (χ2v) is 9.53. The van der Waals surface area contributed by atoms with Crippen LogP contribution < -0.4 is 5.32 Å². The van der Waals surface area contributed by atoms with Crippen LogP contribution in [0.5, 0.6) is 0 Å². The van der Waals surface area contributed by atoms with Crippen molar-refractivity contribution in [3.63, 3.8) is 0 Å². The molecule has 1 atom stereocenters. The monoisotopic (exact) mass is 427 g/mol. The fraction of sp³-hybridized carbons (Fsp3) is 0.640. The first-order valence-electron chi connectivity index (χ1n) is 11.8. The molecule has 1 aromatic rings. The fourth-order valence-electron chi connectivity index (χ4n) is 4.69. The van der Waals surface area contributed by atoms with Crippen LogP contribution in [0.2, 0.25) is 0 Å². The largest absolute Gasteiger partial charge is 0.344 e. The van der Waals surface area contributed by atoms with Crippen molar-refractivity contribution < 1.29 is 14.4 Å². The van der Waals surface area contributed by atoms with Gasteiger partial charge in [-0.25, -0.2) is 0 Å². The summed E-state index contributed by atoms with van der Waals surface area (Å²) in [6.45, 7) is 8.79. The zero-order chi connectivity index (χ0) is 22.4. The molecule has 1 aromatic carbocycles. The van der Waals surface area contributed by atoms with Crippen LogP contribution in [0.1, 0.15) is 68.3 Å². The Morgan fingerprint density at radius 3 is 2.29 bits per heavy atom. The van der Waals surface area contributed by atoms with E-state index in [1.54, 1.807) is 0 Å². The molecule has 2 aliphatic heterocycles. The lowest BCUT2D eigenvalue weighted by Gasteiger charge is -2.38. The van der Waals surface area contributed by atoms with Gasteiger partial charge >= 0.3 is 0 Å². The lowest BCUT2D eigenvalue weighted by atomic mass is 9.87. The average molecular weight is 428 g/mol. The molecular formula is C25H37N3O3. The third-order valence-electron chi connectivity index (χ3n) is 6.41. The summed E-state index contributed by atoms with van der Waals surface area (Å²) in [5, 5.41) is 3.06. The number of amides is 3. The van der Waals surface area contributed by atoms with E-state index >= 15 is 0 Å².